The fourth-order valence-corrected chi connectivity index (χ4v) is 1.70. The van der Waals surface area contributed by atoms with Crippen molar-refractivity contribution in [3.05, 3.63) is 50.6 Å². The summed E-state index contributed by atoms with van der Waals surface area (Å²) in [5.74, 6) is 0. The van der Waals surface area contributed by atoms with E-state index in [4.69, 9.17) is 0 Å². The average Bonchev–Trinajstić information content (AvgIpc) is 2.42. The third-order valence-electron chi connectivity index (χ3n) is 2.43. The van der Waals surface area contributed by atoms with E-state index in [1.807, 2.05) is 0 Å². The summed E-state index contributed by atoms with van der Waals surface area (Å²) in [5.41, 5.74) is -14.0. The van der Waals surface area contributed by atoms with Gasteiger partial charge in [0.2, 0.25) is 0 Å². The van der Waals surface area contributed by atoms with Crippen LogP contribution < -0.4 is 5.34 Å². The van der Waals surface area contributed by atoms with Gasteiger partial charge in [0.05, 0.1) is 24.6 Å². The van der Waals surface area contributed by atoms with Crippen LogP contribution in [-0.4, -0.2) is 24.6 Å². The van der Waals surface area contributed by atoms with E-state index in [0.717, 1.165) is 0 Å². The molecule has 0 aliphatic rings. The van der Waals surface area contributed by atoms with Gasteiger partial charge in [-0.3, -0.25) is 50.6 Å². The van der Waals surface area contributed by atoms with Crippen molar-refractivity contribution in [2.45, 2.75) is 0 Å². The van der Waals surface area contributed by atoms with Gasteiger partial charge in [-0.1, -0.05) is 8.96 Å². The topological polar surface area (TPSA) is 219 Å². The highest BCUT2D eigenvalue weighted by Gasteiger charge is 2.56. The number of benzene rings is 1. The Hall–Kier alpha value is -4.12. The number of halogens is 2. The molecule has 0 saturated heterocycles. The summed E-state index contributed by atoms with van der Waals surface area (Å²) in [4.78, 5) is 44.5. The number of nitro benzene ring substituents is 5. The molecule has 0 unspecified atom stereocenters. The maximum atomic E-state index is 12.8. The Balaban J connectivity index is 4.46. The molecule has 18 heteroatoms. The lowest BCUT2D eigenvalue weighted by molar-refractivity contribution is -0.459. The Labute approximate surface area is 125 Å². The Morgan fingerprint density at radius 3 is 0.917 bits per heavy atom. The minimum absolute atomic E-state index is 1.89. The van der Waals surface area contributed by atoms with Crippen molar-refractivity contribution in [1.29, 1.82) is 0 Å². The van der Waals surface area contributed by atoms with Crippen molar-refractivity contribution in [3.63, 3.8) is 0 Å². The van der Waals surface area contributed by atoms with Crippen molar-refractivity contribution in [3.8, 4) is 0 Å². The Morgan fingerprint density at radius 2 is 0.750 bits per heavy atom. The zero-order valence-corrected chi connectivity index (χ0v) is 10.5. The predicted molar refractivity (Wildman–Crippen MR) is 64.4 cm³/mol. The molecule has 1 aromatic rings. The summed E-state index contributed by atoms with van der Waals surface area (Å²) in [7, 11) is 0. The molecule has 0 atom stereocenters. The molecule has 0 amide bonds. The van der Waals surface area contributed by atoms with Crippen LogP contribution in [0.15, 0.2) is 0 Å². The van der Waals surface area contributed by atoms with E-state index in [1.165, 1.54) is 0 Å². The van der Waals surface area contributed by atoms with Gasteiger partial charge in [0, 0.05) is 0 Å². The summed E-state index contributed by atoms with van der Waals surface area (Å²) < 4.78 is 25.7. The molecule has 0 aliphatic carbocycles. The largest absolute Gasteiger partial charge is 0.437 e. The molecule has 0 fully saturated rings. The van der Waals surface area contributed by atoms with E-state index < -0.39 is 64.1 Å². The van der Waals surface area contributed by atoms with Crippen molar-refractivity contribution in [2.24, 2.45) is 0 Å². The van der Waals surface area contributed by atoms with Gasteiger partial charge in [-0.2, -0.15) is 0 Å². The van der Waals surface area contributed by atoms with Crippen molar-refractivity contribution < 1.29 is 33.6 Å². The molecule has 0 aliphatic heterocycles. The van der Waals surface area contributed by atoms with E-state index >= 15 is 0 Å². The number of rotatable bonds is 6. The SMILES string of the molecule is O=[N+]([O-])c1c(N(F)F)c([N+](=O)[O-])c([N+](=O)[O-])c([N+](=O)[O-])c1[N+](=O)[O-]. The second kappa shape index (κ2) is 5.94. The first kappa shape index (κ1) is 17.9. The first-order valence-electron chi connectivity index (χ1n) is 5.01. The highest BCUT2D eigenvalue weighted by atomic mass is 19.4. The summed E-state index contributed by atoms with van der Waals surface area (Å²) in [6.07, 6.45) is 0. The zero-order valence-electron chi connectivity index (χ0n) is 10.5. The molecule has 0 heterocycles. The van der Waals surface area contributed by atoms with Gasteiger partial charge in [0.15, 0.2) is 0 Å². The minimum Gasteiger partial charge on any atom is -0.258 e. The predicted octanol–water partition coefficient (Wildman–Crippen LogP) is 1.80. The van der Waals surface area contributed by atoms with Crippen LogP contribution in [0.5, 0.6) is 0 Å². The lowest BCUT2D eigenvalue weighted by atomic mass is 10.1. The normalized spacial score (nSPS) is 10.1. The van der Waals surface area contributed by atoms with E-state index in [9.17, 15) is 59.5 Å². The van der Waals surface area contributed by atoms with E-state index in [-0.39, 0.29) is 0 Å². The highest BCUT2D eigenvalue weighted by molar-refractivity contribution is 5.94. The van der Waals surface area contributed by atoms with E-state index in [0.29, 0.717) is 0 Å². The maximum Gasteiger partial charge on any atom is 0.437 e. The average molecular weight is 354 g/mol. The molecular weight excluding hydrogens is 354 g/mol. The molecule has 128 valence electrons. The van der Waals surface area contributed by atoms with Gasteiger partial charge < -0.3 is 0 Å². The summed E-state index contributed by atoms with van der Waals surface area (Å²) in [6.45, 7) is 0. The molecule has 0 radical (unpaired) electrons. The van der Waals surface area contributed by atoms with E-state index in [1.54, 1.807) is 0 Å². The molecule has 0 spiro atoms. The van der Waals surface area contributed by atoms with Crippen molar-refractivity contribution in [2.75, 3.05) is 5.34 Å². The fourth-order valence-electron chi connectivity index (χ4n) is 1.70. The highest BCUT2D eigenvalue weighted by Crippen LogP contribution is 2.55. The number of hydrogen-bond acceptors (Lipinski definition) is 11. The molecule has 1 aromatic carbocycles. The first-order valence-corrected chi connectivity index (χ1v) is 5.01. The Morgan fingerprint density at radius 1 is 0.542 bits per heavy atom. The van der Waals surface area contributed by atoms with Crippen LogP contribution in [0, 0.1) is 50.6 Å². The van der Waals surface area contributed by atoms with Crippen LogP contribution in [0.25, 0.3) is 0 Å². The van der Waals surface area contributed by atoms with Crippen molar-refractivity contribution in [1.82, 2.24) is 0 Å². The quantitative estimate of drug-likeness (QED) is 0.407. The summed E-state index contributed by atoms with van der Waals surface area (Å²) in [5, 5.41) is 51.7. The summed E-state index contributed by atoms with van der Waals surface area (Å²) in [6, 6.07) is 0. The lowest BCUT2D eigenvalue weighted by Crippen LogP contribution is -2.12. The second-order valence-corrected chi connectivity index (χ2v) is 3.61. The van der Waals surface area contributed by atoms with Crippen LogP contribution >= 0.6 is 0 Å². The number of nitrogens with zero attached hydrogens (tertiary/aromatic N) is 6. The van der Waals surface area contributed by atoms with Gasteiger partial charge in [-0.15, -0.1) is 0 Å². The van der Waals surface area contributed by atoms with Gasteiger partial charge in [0.25, 0.3) is 5.69 Å². The fraction of sp³-hybridized carbons (Fsp3) is 0. The smallest absolute Gasteiger partial charge is 0.258 e. The zero-order chi connectivity index (χ0) is 18.9. The van der Waals surface area contributed by atoms with Gasteiger partial charge in [-0.25, -0.2) is 0 Å². The summed E-state index contributed by atoms with van der Waals surface area (Å²) >= 11 is 0. The Kier molecular flexibility index (Phi) is 4.44. The van der Waals surface area contributed by atoms with Crippen LogP contribution in [0.1, 0.15) is 0 Å². The van der Waals surface area contributed by atoms with E-state index in [2.05, 4.69) is 0 Å². The number of nitro groups is 5. The molecule has 0 bridgehead atoms. The Bertz CT molecular complexity index is 755. The third-order valence-corrected chi connectivity index (χ3v) is 2.43. The molecule has 24 heavy (non-hydrogen) atoms. The minimum atomic E-state index is -2.44. The second-order valence-electron chi connectivity index (χ2n) is 3.61. The van der Waals surface area contributed by atoms with Crippen LogP contribution in [0.4, 0.5) is 43.1 Å². The first-order chi connectivity index (χ1) is 10.9. The number of anilines is 1. The molecule has 0 aromatic heterocycles. The van der Waals surface area contributed by atoms with Crippen LogP contribution in [-0.2, 0) is 0 Å². The van der Waals surface area contributed by atoms with Crippen LogP contribution in [0.3, 0.4) is 0 Å². The molecule has 0 saturated carbocycles. The monoisotopic (exact) mass is 354 g/mol. The molecular formula is C6F2N6O10. The van der Waals surface area contributed by atoms with Gasteiger partial charge >= 0.3 is 28.4 Å². The standard InChI is InChI=1S/C6F2N6O10/c7-9(8)1-2(10(15)16)4(12(19)20)6(14(23)24)5(13(21)22)3(1)11(17)18. The molecule has 1 rings (SSSR count). The van der Waals surface area contributed by atoms with Crippen LogP contribution in [0.2, 0.25) is 0 Å². The number of hydrogen-bond donors (Lipinski definition) is 0. The maximum absolute atomic E-state index is 12.8. The molecule has 0 N–H and O–H groups in total. The third kappa shape index (κ3) is 2.65. The van der Waals surface area contributed by atoms with Gasteiger partial charge in [0.1, 0.15) is 0 Å². The van der Waals surface area contributed by atoms with Gasteiger partial charge in [-0.05, 0) is 5.34 Å². The van der Waals surface area contributed by atoms with Crippen molar-refractivity contribution >= 4 is 34.1 Å². The molecule has 16 nitrogen and oxygen atoms in total. The lowest BCUT2D eigenvalue weighted by Gasteiger charge is -2.06.